The predicted octanol–water partition coefficient (Wildman–Crippen LogP) is 1.82. The Morgan fingerprint density at radius 3 is 2.60 bits per heavy atom. The fourth-order valence-corrected chi connectivity index (χ4v) is 2.00. The van der Waals surface area contributed by atoms with Crippen LogP contribution < -0.4 is 10.6 Å². The molecular weight excluding hydrogens is 252 g/mol. The third-order valence-electron chi connectivity index (χ3n) is 3.12. The van der Waals surface area contributed by atoms with Gasteiger partial charge in [-0.05, 0) is 37.3 Å². The van der Waals surface area contributed by atoms with Gasteiger partial charge in [0, 0.05) is 49.7 Å². The number of amides is 1. The fourth-order valence-electron chi connectivity index (χ4n) is 2.00. The second-order valence-electron chi connectivity index (χ2n) is 4.56. The van der Waals surface area contributed by atoms with Gasteiger partial charge in [-0.2, -0.15) is 5.10 Å². The number of hydrogen-bond acceptors (Lipinski definition) is 3. The summed E-state index contributed by atoms with van der Waals surface area (Å²) in [6.45, 7) is 3.52. The number of aromatic nitrogens is 2. The molecule has 1 aromatic carbocycles. The first kappa shape index (κ1) is 14.1. The number of carbonyl (C=O) groups is 1. The van der Waals surface area contributed by atoms with E-state index in [2.05, 4.69) is 15.7 Å². The topological polar surface area (TPSA) is 59.0 Å². The molecule has 0 atom stereocenters. The molecule has 0 fully saturated rings. The van der Waals surface area contributed by atoms with Crippen LogP contribution in [0.15, 0.2) is 36.5 Å². The van der Waals surface area contributed by atoms with E-state index in [1.54, 1.807) is 6.20 Å². The van der Waals surface area contributed by atoms with Gasteiger partial charge in [-0.1, -0.05) is 0 Å². The molecule has 0 saturated heterocycles. The largest absolute Gasteiger partial charge is 0.385 e. The van der Waals surface area contributed by atoms with Crippen molar-refractivity contribution in [3.63, 3.8) is 0 Å². The molecule has 2 N–H and O–H groups in total. The monoisotopic (exact) mass is 272 g/mol. The van der Waals surface area contributed by atoms with E-state index in [1.165, 1.54) is 0 Å². The molecule has 0 bridgehead atoms. The van der Waals surface area contributed by atoms with E-state index in [1.807, 2.05) is 49.0 Å². The second-order valence-corrected chi connectivity index (χ2v) is 4.56. The van der Waals surface area contributed by atoms with Crippen LogP contribution in [-0.4, -0.2) is 28.8 Å². The Bertz CT molecular complexity index is 560. The fraction of sp³-hybridized carbons (Fsp3) is 0.333. The third-order valence-corrected chi connectivity index (χ3v) is 3.12. The van der Waals surface area contributed by atoms with Gasteiger partial charge in [0.2, 0.25) is 0 Å². The molecule has 2 rings (SSSR count). The number of rotatable bonds is 6. The molecular formula is C15H20N4O. The van der Waals surface area contributed by atoms with E-state index < -0.39 is 0 Å². The highest BCUT2D eigenvalue weighted by molar-refractivity contribution is 5.94. The van der Waals surface area contributed by atoms with Gasteiger partial charge in [0.1, 0.15) is 0 Å². The molecule has 5 nitrogen and oxygen atoms in total. The minimum absolute atomic E-state index is 0.0461. The lowest BCUT2D eigenvalue weighted by Crippen LogP contribution is -2.26. The van der Waals surface area contributed by atoms with Gasteiger partial charge in [0.05, 0.1) is 0 Å². The Hall–Kier alpha value is -2.30. The minimum atomic E-state index is -0.0461. The highest BCUT2D eigenvalue weighted by Gasteiger charge is 2.05. The summed E-state index contributed by atoms with van der Waals surface area (Å²) in [4.78, 5) is 12.0. The van der Waals surface area contributed by atoms with Gasteiger partial charge < -0.3 is 10.6 Å². The normalized spacial score (nSPS) is 10.3. The van der Waals surface area contributed by atoms with Crippen LogP contribution in [0, 0.1) is 0 Å². The van der Waals surface area contributed by atoms with Crippen molar-refractivity contribution in [3.8, 4) is 0 Å². The zero-order valence-corrected chi connectivity index (χ0v) is 11.9. The summed E-state index contributed by atoms with van der Waals surface area (Å²) in [6.07, 6.45) is 2.54. The summed E-state index contributed by atoms with van der Waals surface area (Å²) in [7, 11) is 1.90. The quantitative estimate of drug-likeness (QED) is 0.843. The third kappa shape index (κ3) is 3.60. The first-order valence-corrected chi connectivity index (χ1v) is 6.79. The first-order chi connectivity index (χ1) is 9.70. The van der Waals surface area contributed by atoms with Crippen LogP contribution in [0.3, 0.4) is 0 Å². The molecule has 1 heterocycles. The molecule has 0 saturated carbocycles. The van der Waals surface area contributed by atoms with Gasteiger partial charge in [0.25, 0.3) is 5.91 Å². The van der Waals surface area contributed by atoms with E-state index in [4.69, 9.17) is 0 Å². The average Bonchev–Trinajstić information content (AvgIpc) is 2.85. The van der Waals surface area contributed by atoms with Crippen LogP contribution >= 0.6 is 0 Å². The Balaban J connectivity index is 1.84. The summed E-state index contributed by atoms with van der Waals surface area (Å²) < 4.78 is 1.82. The summed E-state index contributed by atoms with van der Waals surface area (Å²) in [6, 6.07) is 9.45. The van der Waals surface area contributed by atoms with Gasteiger partial charge in [0.15, 0.2) is 0 Å². The number of nitrogens with zero attached hydrogens (tertiary/aromatic N) is 2. The smallest absolute Gasteiger partial charge is 0.251 e. The Kier molecular flexibility index (Phi) is 4.76. The maximum atomic E-state index is 12.0. The highest BCUT2D eigenvalue weighted by Crippen LogP contribution is 2.09. The van der Waals surface area contributed by atoms with E-state index in [0.29, 0.717) is 12.1 Å². The van der Waals surface area contributed by atoms with Crippen LogP contribution in [0.1, 0.15) is 23.0 Å². The Morgan fingerprint density at radius 1 is 1.25 bits per heavy atom. The number of aryl methyl sites for hydroxylation is 1. The molecule has 1 aromatic heterocycles. The Labute approximate surface area is 119 Å². The SMILES string of the molecule is CCNc1ccc(C(=O)NCCc2ccnn2C)cc1. The average molecular weight is 272 g/mol. The van der Waals surface area contributed by atoms with Crippen LogP contribution in [0.2, 0.25) is 0 Å². The van der Waals surface area contributed by atoms with Crippen LogP contribution in [0.25, 0.3) is 0 Å². The van der Waals surface area contributed by atoms with Crippen molar-refractivity contribution in [2.24, 2.45) is 7.05 Å². The first-order valence-electron chi connectivity index (χ1n) is 6.79. The van der Waals surface area contributed by atoms with Gasteiger partial charge in [-0.3, -0.25) is 9.48 Å². The second kappa shape index (κ2) is 6.75. The molecule has 0 unspecified atom stereocenters. The van der Waals surface area contributed by atoms with Gasteiger partial charge in [-0.15, -0.1) is 0 Å². The lowest BCUT2D eigenvalue weighted by molar-refractivity contribution is 0.0954. The molecule has 0 aliphatic rings. The van der Waals surface area contributed by atoms with Crippen molar-refractivity contribution >= 4 is 11.6 Å². The lowest BCUT2D eigenvalue weighted by atomic mass is 10.2. The molecule has 0 spiro atoms. The van der Waals surface area contributed by atoms with Crippen molar-refractivity contribution in [2.45, 2.75) is 13.3 Å². The van der Waals surface area contributed by atoms with Crippen molar-refractivity contribution in [3.05, 3.63) is 47.8 Å². The molecule has 0 aliphatic carbocycles. The van der Waals surface area contributed by atoms with Gasteiger partial charge >= 0.3 is 0 Å². The molecule has 106 valence electrons. The summed E-state index contributed by atoms with van der Waals surface area (Å²) in [5.41, 5.74) is 2.81. The number of benzene rings is 1. The Morgan fingerprint density at radius 2 is 2.00 bits per heavy atom. The zero-order chi connectivity index (χ0) is 14.4. The van der Waals surface area contributed by atoms with Crippen LogP contribution in [0.5, 0.6) is 0 Å². The number of nitrogens with one attached hydrogen (secondary N) is 2. The van der Waals surface area contributed by atoms with E-state index in [9.17, 15) is 4.79 Å². The predicted molar refractivity (Wildman–Crippen MR) is 79.9 cm³/mol. The highest BCUT2D eigenvalue weighted by atomic mass is 16.1. The van der Waals surface area contributed by atoms with Crippen molar-refractivity contribution in [2.75, 3.05) is 18.4 Å². The standard InChI is InChI=1S/C15H20N4O/c1-3-16-13-6-4-12(5-7-13)15(20)17-10-8-14-9-11-18-19(14)2/h4-7,9,11,16H,3,8,10H2,1-2H3,(H,17,20). The van der Waals surface area contributed by atoms with E-state index in [0.717, 1.165) is 24.3 Å². The van der Waals surface area contributed by atoms with Crippen molar-refractivity contribution in [1.82, 2.24) is 15.1 Å². The summed E-state index contributed by atoms with van der Waals surface area (Å²) in [5, 5.41) is 10.2. The van der Waals surface area contributed by atoms with E-state index >= 15 is 0 Å². The van der Waals surface area contributed by atoms with Crippen LogP contribution in [0.4, 0.5) is 5.69 Å². The van der Waals surface area contributed by atoms with Crippen LogP contribution in [-0.2, 0) is 13.5 Å². The minimum Gasteiger partial charge on any atom is -0.385 e. The lowest BCUT2D eigenvalue weighted by Gasteiger charge is -2.07. The number of anilines is 1. The van der Waals surface area contributed by atoms with Crippen molar-refractivity contribution < 1.29 is 4.79 Å². The van der Waals surface area contributed by atoms with Gasteiger partial charge in [-0.25, -0.2) is 0 Å². The molecule has 2 aromatic rings. The molecule has 20 heavy (non-hydrogen) atoms. The zero-order valence-electron chi connectivity index (χ0n) is 11.9. The molecule has 0 aliphatic heterocycles. The molecule has 5 heteroatoms. The molecule has 0 radical (unpaired) electrons. The summed E-state index contributed by atoms with van der Waals surface area (Å²) in [5.74, 6) is -0.0461. The maximum Gasteiger partial charge on any atom is 0.251 e. The molecule has 1 amide bonds. The summed E-state index contributed by atoms with van der Waals surface area (Å²) >= 11 is 0. The van der Waals surface area contributed by atoms with E-state index in [-0.39, 0.29) is 5.91 Å². The van der Waals surface area contributed by atoms with Crippen molar-refractivity contribution in [1.29, 1.82) is 0 Å². The number of carbonyl (C=O) groups excluding carboxylic acids is 1. The number of hydrogen-bond donors (Lipinski definition) is 2. The maximum absolute atomic E-state index is 12.0.